The molecule has 0 saturated carbocycles. The van der Waals surface area contributed by atoms with Crippen molar-refractivity contribution in [3.05, 3.63) is 29.3 Å². The number of ether oxygens (including phenoxy) is 1. The van der Waals surface area contributed by atoms with Gasteiger partial charge in [0.25, 0.3) is 0 Å². The molecule has 0 bridgehead atoms. The molecule has 2 heterocycles. The fraction of sp³-hybridized carbons (Fsp3) is 0.700. The molecule has 0 N–H and O–H groups in total. The summed E-state index contributed by atoms with van der Waals surface area (Å²) in [6, 6.07) is 5.76. The molecule has 6 heteroatoms. The van der Waals surface area contributed by atoms with Crippen molar-refractivity contribution in [3.63, 3.8) is 0 Å². The third kappa shape index (κ3) is 3.98. The third-order valence-corrected chi connectivity index (χ3v) is 7.92. The van der Waals surface area contributed by atoms with Gasteiger partial charge in [-0.05, 0) is 68.2 Å². The van der Waals surface area contributed by atoms with Crippen LogP contribution in [0.15, 0.2) is 23.1 Å². The Morgan fingerprint density at radius 3 is 2.46 bits per heavy atom. The van der Waals surface area contributed by atoms with Gasteiger partial charge in [-0.2, -0.15) is 4.31 Å². The van der Waals surface area contributed by atoms with Gasteiger partial charge in [0, 0.05) is 39.3 Å². The van der Waals surface area contributed by atoms with Gasteiger partial charge in [0.05, 0.1) is 11.0 Å². The molecule has 4 rings (SSSR count). The van der Waals surface area contributed by atoms with Crippen LogP contribution < -0.4 is 0 Å². The lowest BCUT2D eigenvalue weighted by molar-refractivity contribution is -0.0103. The molecule has 0 spiro atoms. The molecular weight excluding hydrogens is 348 g/mol. The molecule has 26 heavy (non-hydrogen) atoms. The van der Waals surface area contributed by atoms with E-state index >= 15 is 0 Å². The van der Waals surface area contributed by atoms with E-state index in [1.165, 1.54) is 36.8 Å². The first-order valence-electron chi connectivity index (χ1n) is 10.1. The normalized spacial score (nSPS) is 25.8. The van der Waals surface area contributed by atoms with E-state index in [0.29, 0.717) is 24.1 Å². The van der Waals surface area contributed by atoms with Crippen LogP contribution in [0.5, 0.6) is 0 Å². The second-order valence-electron chi connectivity index (χ2n) is 7.83. The number of fused-ring (bicyclic) bond motifs is 1. The minimum Gasteiger partial charge on any atom is -0.377 e. The van der Waals surface area contributed by atoms with Crippen molar-refractivity contribution in [1.29, 1.82) is 0 Å². The van der Waals surface area contributed by atoms with Crippen LogP contribution >= 0.6 is 0 Å². The Balaban J connectivity index is 1.38. The zero-order chi connectivity index (χ0) is 18.0. The highest BCUT2D eigenvalue weighted by Gasteiger charge is 2.30. The smallest absolute Gasteiger partial charge is 0.243 e. The fourth-order valence-corrected chi connectivity index (χ4v) is 5.88. The van der Waals surface area contributed by atoms with E-state index in [-0.39, 0.29) is 0 Å². The average molecular weight is 379 g/mol. The highest BCUT2D eigenvalue weighted by Crippen LogP contribution is 2.26. The number of sulfonamides is 1. The maximum Gasteiger partial charge on any atom is 0.243 e. The number of rotatable bonds is 4. The fourth-order valence-electron chi connectivity index (χ4n) is 4.41. The average Bonchev–Trinajstić information content (AvgIpc) is 2.69. The predicted molar refractivity (Wildman–Crippen MR) is 102 cm³/mol. The topological polar surface area (TPSA) is 49.9 Å². The Bertz CT molecular complexity index is 721. The van der Waals surface area contributed by atoms with Gasteiger partial charge in [-0.3, -0.25) is 4.90 Å². The van der Waals surface area contributed by atoms with Crippen molar-refractivity contribution in [1.82, 2.24) is 9.21 Å². The van der Waals surface area contributed by atoms with E-state index < -0.39 is 10.0 Å². The summed E-state index contributed by atoms with van der Waals surface area (Å²) in [4.78, 5) is 2.83. The molecule has 2 saturated heterocycles. The first-order valence-corrected chi connectivity index (χ1v) is 11.5. The van der Waals surface area contributed by atoms with Crippen molar-refractivity contribution < 1.29 is 13.2 Å². The molecule has 0 radical (unpaired) electrons. The monoisotopic (exact) mass is 378 g/mol. The highest BCUT2D eigenvalue weighted by molar-refractivity contribution is 7.89. The maximum absolute atomic E-state index is 13.1. The number of hydrogen-bond donors (Lipinski definition) is 0. The quantitative estimate of drug-likeness (QED) is 0.808. The lowest BCUT2D eigenvalue weighted by atomic mass is 9.92. The van der Waals surface area contributed by atoms with Crippen LogP contribution in [0.4, 0.5) is 0 Å². The van der Waals surface area contributed by atoms with Gasteiger partial charge >= 0.3 is 0 Å². The summed E-state index contributed by atoms with van der Waals surface area (Å²) in [6.07, 6.45) is 8.34. The van der Waals surface area contributed by atoms with Crippen molar-refractivity contribution >= 4 is 10.0 Å². The van der Waals surface area contributed by atoms with Crippen molar-refractivity contribution in [3.8, 4) is 0 Å². The minimum absolute atomic E-state index is 0.326. The number of benzene rings is 1. The van der Waals surface area contributed by atoms with Crippen LogP contribution in [-0.4, -0.2) is 63.1 Å². The molecule has 0 amide bonds. The van der Waals surface area contributed by atoms with Crippen LogP contribution in [0.3, 0.4) is 0 Å². The maximum atomic E-state index is 13.1. The van der Waals surface area contributed by atoms with E-state index in [1.807, 2.05) is 18.2 Å². The Morgan fingerprint density at radius 2 is 1.73 bits per heavy atom. The molecule has 1 aliphatic carbocycles. The number of piperazine rings is 1. The third-order valence-electron chi connectivity index (χ3n) is 6.02. The van der Waals surface area contributed by atoms with Crippen LogP contribution in [0, 0.1) is 0 Å². The Morgan fingerprint density at radius 1 is 0.962 bits per heavy atom. The lowest BCUT2D eigenvalue weighted by Crippen LogP contribution is -2.50. The van der Waals surface area contributed by atoms with Gasteiger partial charge in [-0.15, -0.1) is 0 Å². The number of aryl methyl sites for hydroxylation is 2. The number of hydrogen-bond acceptors (Lipinski definition) is 4. The van der Waals surface area contributed by atoms with Crippen LogP contribution in [-0.2, 0) is 27.6 Å². The van der Waals surface area contributed by atoms with Gasteiger partial charge in [0.2, 0.25) is 10.0 Å². The van der Waals surface area contributed by atoms with E-state index in [4.69, 9.17) is 4.74 Å². The zero-order valence-corrected chi connectivity index (χ0v) is 16.3. The van der Waals surface area contributed by atoms with Crippen LogP contribution in [0.25, 0.3) is 0 Å². The SMILES string of the molecule is O=S(=O)(c1ccc2c(c1)CCCC2)N1CCN(C[C@@H]2CCCCO2)CC1. The standard InChI is InChI=1S/C20H30N2O3S/c23-26(24,20-9-8-17-5-1-2-6-18(17)15-20)22-12-10-21(11-13-22)16-19-7-3-4-14-25-19/h8-9,15,19H,1-7,10-14,16H2/t19-/m0/s1. The summed E-state index contributed by atoms with van der Waals surface area (Å²) in [5.74, 6) is 0. The highest BCUT2D eigenvalue weighted by atomic mass is 32.2. The first kappa shape index (κ1) is 18.4. The Hall–Kier alpha value is -0.950. The summed E-state index contributed by atoms with van der Waals surface area (Å²) >= 11 is 0. The molecule has 1 aromatic carbocycles. The van der Waals surface area contributed by atoms with Crippen LogP contribution in [0.1, 0.15) is 43.2 Å². The van der Waals surface area contributed by atoms with Crippen molar-refractivity contribution in [2.24, 2.45) is 0 Å². The Labute approximate surface area is 157 Å². The lowest BCUT2D eigenvalue weighted by Gasteiger charge is -2.36. The molecule has 1 aromatic rings. The second-order valence-corrected chi connectivity index (χ2v) is 9.77. The van der Waals surface area contributed by atoms with E-state index in [9.17, 15) is 8.42 Å². The molecule has 0 aromatic heterocycles. The van der Waals surface area contributed by atoms with Gasteiger partial charge < -0.3 is 4.74 Å². The molecule has 3 aliphatic rings. The zero-order valence-electron chi connectivity index (χ0n) is 15.5. The largest absolute Gasteiger partial charge is 0.377 e. The van der Waals surface area contributed by atoms with E-state index in [0.717, 1.165) is 45.5 Å². The Kier molecular flexibility index (Phi) is 5.64. The summed E-state index contributed by atoms with van der Waals surface area (Å²) in [5, 5.41) is 0. The molecule has 0 unspecified atom stereocenters. The molecule has 2 aliphatic heterocycles. The minimum atomic E-state index is -3.38. The van der Waals surface area contributed by atoms with Crippen molar-refractivity contribution in [2.75, 3.05) is 39.3 Å². The summed E-state index contributed by atoms with van der Waals surface area (Å²) in [5.41, 5.74) is 2.55. The van der Waals surface area contributed by atoms with Gasteiger partial charge in [-0.1, -0.05) is 6.07 Å². The molecule has 5 nitrogen and oxygen atoms in total. The molecule has 144 valence electrons. The molecule has 1 atom stereocenters. The van der Waals surface area contributed by atoms with Gasteiger partial charge in [0.1, 0.15) is 0 Å². The van der Waals surface area contributed by atoms with Gasteiger partial charge in [-0.25, -0.2) is 8.42 Å². The van der Waals surface area contributed by atoms with Crippen molar-refractivity contribution in [2.45, 2.75) is 55.9 Å². The first-order chi connectivity index (χ1) is 12.6. The molecule has 2 fully saturated rings. The van der Waals surface area contributed by atoms with Gasteiger partial charge in [0.15, 0.2) is 0 Å². The molecular formula is C20H30N2O3S. The van der Waals surface area contributed by atoms with E-state index in [2.05, 4.69) is 4.90 Å². The predicted octanol–water partition coefficient (Wildman–Crippen LogP) is 2.44. The van der Waals surface area contributed by atoms with Crippen LogP contribution in [0.2, 0.25) is 0 Å². The summed E-state index contributed by atoms with van der Waals surface area (Å²) < 4.78 is 33.6. The number of nitrogens with zero attached hydrogens (tertiary/aromatic N) is 2. The summed E-state index contributed by atoms with van der Waals surface area (Å²) in [7, 11) is -3.38. The van der Waals surface area contributed by atoms with E-state index in [1.54, 1.807) is 4.31 Å². The summed E-state index contributed by atoms with van der Waals surface area (Å²) in [6.45, 7) is 4.55. The second kappa shape index (κ2) is 7.97.